The second-order valence-corrected chi connectivity index (χ2v) is 8.25. The highest BCUT2D eigenvalue weighted by molar-refractivity contribution is 5.76. The highest BCUT2D eigenvalue weighted by atomic mass is 16.5. The lowest BCUT2D eigenvalue weighted by Gasteiger charge is -2.40. The molecule has 154 valence electrons. The number of allylic oxidation sites excluding steroid dienone is 2. The Kier molecular flexibility index (Phi) is 7.17. The number of carbonyl (C=O) groups is 1. The zero-order chi connectivity index (χ0) is 20.0. The Bertz CT molecular complexity index is 701. The molecule has 1 aromatic rings. The molecule has 1 heterocycles. The van der Waals surface area contributed by atoms with Crippen LogP contribution in [0.3, 0.4) is 0 Å². The number of ether oxygens (including phenoxy) is 1. The Hall–Kier alpha value is -1.81. The van der Waals surface area contributed by atoms with Crippen molar-refractivity contribution in [2.75, 3.05) is 33.3 Å². The monoisotopic (exact) mass is 384 g/mol. The maximum absolute atomic E-state index is 12.3. The lowest BCUT2D eigenvalue weighted by atomic mass is 9.68. The smallest absolute Gasteiger partial charge is 0.222 e. The molecule has 1 fully saturated rings. The molecule has 0 unspecified atom stereocenters. The first-order valence-corrected chi connectivity index (χ1v) is 11.0. The van der Waals surface area contributed by atoms with Crippen LogP contribution in [0.4, 0.5) is 0 Å². The molecule has 1 spiro atoms. The minimum Gasteiger partial charge on any atom is -0.497 e. The summed E-state index contributed by atoms with van der Waals surface area (Å²) in [5.74, 6) is 1.22. The quantitative estimate of drug-likeness (QED) is 0.674. The number of hydrogen-bond acceptors (Lipinski definition) is 3. The molecular weight excluding hydrogens is 348 g/mol. The highest BCUT2D eigenvalue weighted by Crippen LogP contribution is 2.44. The predicted molar refractivity (Wildman–Crippen MR) is 116 cm³/mol. The molecule has 1 aliphatic carbocycles. The van der Waals surface area contributed by atoms with Gasteiger partial charge < -0.3 is 15.0 Å². The van der Waals surface area contributed by atoms with E-state index in [-0.39, 0.29) is 0 Å². The number of hydrogen-bond donors (Lipinski definition) is 1. The zero-order valence-electron chi connectivity index (χ0n) is 17.9. The standard InChI is InChI=1S/C24H36N2O2/c1-4-26(5-2)23(27)9-7-6-8-19-17-24(12-14-25-15-13-24)18-20-10-11-21(28-3)16-22(19)20/h10-11,16-17,25H,4-9,12-15,18H2,1-3H3. The van der Waals surface area contributed by atoms with Gasteiger partial charge in [0.05, 0.1) is 7.11 Å². The van der Waals surface area contributed by atoms with Gasteiger partial charge in [-0.25, -0.2) is 0 Å². The SMILES string of the molecule is CCN(CC)C(=O)CCCCC1=CC2(CCNCC2)Cc2ccc(OC)cc21. The number of rotatable bonds is 8. The predicted octanol–water partition coefficient (Wildman–Crippen LogP) is 4.43. The molecule has 0 saturated carbocycles. The summed E-state index contributed by atoms with van der Waals surface area (Å²) >= 11 is 0. The number of unbranched alkanes of at least 4 members (excludes halogenated alkanes) is 1. The highest BCUT2D eigenvalue weighted by Gasteiger charge is 2.34. The number of amides is 1. The third-order valence-electron chi connectivity index (χ3n) is 6.49. The first kappa shape index (κ1) is 20.9. The van der Waals surface area contributed by atoms with Gasteiger partial charge in [-0.2, -0.15) is 0 Å². The van der Waals surface area contributed by atoms with Gasteiger partial charge in [0.2, 0.25) is 5.91 Å². The van der Waals surface area contributed by atoms with E-state index in [1.54, 1.807) is 7.11 Å². The number of nitrogens with zero attached hydrogens (tertiary/aromatic N) is 1. The largest absolute Gasteiger partial charge is 0.497 e. The number of carbonyl (C=O) groups excluding carboxylic acids is 1. The number of fused-ring (bicyclic) bond motifs is 1. The molecule has 1 saturated heterocycles. The molecule has 0 atom stereocenters. The van der Waals surface area contributed by atoms with Crippen LogP contribution in [0, 0.1) is 5.41 Å². The Labute approximate surface area is 170 Å². The van der Waals surface area contributed by atoms with Gasteiger partial charge in [-0.3, -0.25) is 4.79 Å². The molecule has 3 rings (SSSR count). The van der Waals surface area contributed by atoms with E-state index >= 15 is 0 Å². The Balaban J connectivity index is 1.70. The van der Waals surface area contributed by atoms with Crippen molar-refractivity contribution < 1.29 is 9.53 Å². The Morgan fingerprint density at radius 2 is 1.93 bits per heavy atom. The minimum atomic E-state index is 0.291. The van der Waals surface area contributed by atoms with Crippen LogP contribution in [0.25, 0.3) is 5.57 Å². The van der Waals surface area contributed by atoms with Crippen LogP contribution in [0.15, 0.2) is 24.3 Å². The fourth-order valence-electron chi connectivity index (χ4n) is 4.79. The molecule has 1 amide bonds. The second-order valence-electron chi connectivity index (χ2n) is 8.25. The molecule has 0 radical (unpaired) electrons. The molecular formula is C24H36N2O2. The van der Waals surface area contributed by atoms with Gasteiger partial charge >= 0.3 is 0 Å². The zero-order valence-corrected chi connectivity index (χ0v) is 17.9. The molecule has 1 aromatic carbocycles. The van der Waals surface area contributed by atoms with Crippen molar-refractivity contribution in [1.29, 1.82) is 0 Å². The summed E-state index contributed by atoms with van der Waals surface area (Å²) in [6.45, 7) is 7.93. The summed E-state index contributed by atoms with van der Waals surface area (Å²) in [5, 5.41) is 3.51. The van der Waals surface area contributed by atoms with Crippen molar-refractivity contribution in [1.82, 2.24) is 10.2 Å². The van der Waals surface area contributed by atoms with E-state index in [1.807, 2.05) is 4.90 Å². The van der Waals surface area contributed by atoms with E-state index in [9.17, 15) is 4.79 Å². The molecule has 28 heavy (non-hydrogen) atoms. The van der Waals surface area contributed by atoms with Crippen molar-refractivity contribution in [3.63, 3.8) is 0 Å². The van der Waals surface area contributed by atoms with Crippen LogP contribution in [-0.2, 0) is 11.2 Å². The summed E-state index contributed by atoms with van der Waals surface area (Å²) in [6, 6.07) is 6.56. The van der Waals surface area contributed by atoms with Gasteiger partial charge in [0, 0.05) is 19.5 Å². The van der Waals surface area contributed by atoms with Crippen molar-refractivity contribution in [2.45, 2.75) is 58.8 Å². The normalized spacial score (nSPS) is 17.8. The summed E-state index contributed by atoms with van der Waals surface area (Å²) < 4.78 is 5.49. The van der Waals surface area contributed by atoms with Crippen LogP contribution in [0.1, 0.15) is 63.5 Å². The molecule has 2 aliphatic rings. The van der Waals surface area contributed by atoms with Gasteiger partial charge in [0.25, 0.3) is 0 Å². The second kappa shape index (κ2) is 9.60. The van der Waals surface area contributed by atoms with Gasteiger partial charge in [-0.1, -0.05) is 12.1 Å². The van der Waals surface area contributed by atoms with E-state index < -0.39 is 0 Å². The lowest BCUT2D eigenvalue weighted by Crippen LogP contribution is -2.38. The molecule has 1 aliphatic heterocycles. The van der Waals surface area contributed by atoms with Crippen LogP contribution >= 0.6 is 0 Å². The van der Waals surface area contributed by atoms with E-state index in [1.165, 1.54) is 29.5 Å². The van der Waals surface area contributed by atoms with E-state index in [2.05, 4.69) is 43.4 Å². The maximum Gasteiger partial charge on any atom is 0.222 e. The summed E-state index contributed by atoms with van der Waals surface area (Å²) in [5.41, 5.74) is 4.58. The van der Waals surface area contributed by atoms with Crippen molar-refractivity contribution >= 4 is 11.5 Å². The Morgan fingerprint density at radius 1 is 1.18 bits per heavy atom. The number of nitrogens with one attached hydrogen (secondary N) is 1. The fourth-order valence-corrected chi connectivity index (χ4v) is 4.79. The van der Waals surface area contributed by atoms with Crippen LogP contribution < -0.4 is 10.1 Å². The van der Waals surface area contributed by atoms with Crippen LogP contribution in [0.5, 0.6) is 5.75 Å². The number of piperidine rings is 1. The minimum absolute atomic E-state index is 0.291. The number of benzene rings is 1. The maximum atomic E-state index is 12.3. The summed E-state index contributed by atoms with van der Waals surface area (Å²) in [7, 11) is 1.74. The van der Waals surface area contributed by atoms with Crippen LogP contribution in [-0.4, -0.2) is 44.1 Å². The van der Waals surface area contributed by atoms with Gasteiger partial charge in [-0.15, -0.1) is 0 Å². The average Bonchev–Trinajstić information content (AvgIpc) is 2.72. The first-order chi connectivity index (χ1) is 13.6. The summed E-state index contributed by atoms with van der Waals surface area (Å²) in [4.78, 5) is 14.2. The molecule has 4 heteroatoms. The molecule has 4 nitrogen and oxygen atoms in total. The van der Waals surface area contributed by atoms with Crippen molar-refractivity contribution in [3.05, 3.63) is 35.4 Å². The Morgan fingerprint density at radius 3 is 2.61 bits per heavy atom. The lowest BCUT2D eigenvalue weighted by molar-refractivity contribution is -0.130. The molecule has 0 aromatic heterocycles. The van der Waals surface area contributed by atoms with Gasteiger partial charge in [-0.05, 0) is 99.7 Å². The molecule has 1 N–H and O–H groups in total. The van der Waals surface area contributed by atoms with E-state index in [0.717, 1.165) is 57.6 Å². The molecule has 0 bridgehead atoms. The van der Waals surface area contributed by atoms with Crippen molar-refractivity contribution in [2.24, 2.45) is 5.41 Å². The first-order valence-electron chi connectivity index (χ1n) is 11.0. The topological polar surface area (TPSA) is 41.6 Å². The summed E-state index contributed by atoms with van der Waals surface area (Å²) in [6.07, 6.45) is 9.85. The van der Waals surface area contributed by atoms with Gasteiger partial charge in [0.1, 0.15) is 5.75 Å². The third kappa shape index (κ3) is 4.78. The van der Waals surface area contributed by atoms with E-state index in [4.69, 9.17) is 4.74 Å². The van der Waals surface area contributed by atoms with Crippen molar-refractivity contribution in [3.8, 4) is 5.75 Å². The number of methoxy groups -OCH3 is 1. The average molecular weight is 385 g/mol. The van der Waals surface area contributed by atoms with Crippen LogP contribution in [0.2, 0.25) is 0 Å². The fraction of sp³-hybridized carbons (Fsp3) is 0.625. The van der Waals surface area contributed by atoms with E-state index in [0.29, 0.717) is 17.7 Å². The van der Waals surface area contributed by atoms with Gasteiger partial charge in [0.15, 0.2) is 0 Å². The third-order valence-corrected chi connectivity index (χ3v) is 6.49.